The predicted molar refractivity (Wildman–Crippen MR) is 67.1 cm³/mol. The maximum absolute atomic E-state index is 2.29. The number of rotatable bonds is 1. The highest BCUT2D eigenvalue weighted by Gasteiger charge is 2.12. The lowest BCUT2D eigenvalue weighted by molar-refractivity contribution is 0.412. The molecule has 2 aromatic rings. The average molecular weight is 198 g/mol. The van der Waals surface area contributed by atoms with Crippen LogP contribution in [0.15, 0.2) is 42.5 Å². The van der Waals surface area contributed by atoms with Gasteiger partial charge in [0.25, 0.3) is 0 Å². The van der Waals surface area contributed by atoms with E-state index < -0.39 is 0 Å². The molecule has 0 N–H and O–H groups in total. The van der Waals surface area contributed by atoms with E-state index in [0.29, 0.717) is 5.41 Å². The van der Waals surface area contributed by atoms with Crippen LogP contribution in [0.5, 0.6) is 0 Å². The molecule has 0 aromatic heterocycles. The summed E-state index contributed by atoms with van der Waals surface area (Å²) in [5.74, 6) is 0. The fourth-order valence-electron chi connectivity index (χ4n) is 2.02. The second-order valence-corrected chi connectivity index (χ2v) is 5.38. The lowest BCUT2D eigenvalue weighted by Gasteiger charge is -2.19. The summed E-state index contributed by atoms with van der Waals surface area (Å²) < 4.78 is 0. The molecule has 0 spiro atoms. The van der Waals surface area contributed by atoms with Crippen molar-refractivity contribution < 1.29 is 0 Å². The molecule has 0 aliphatic carbocycles. The highest BCUT2D eigenvalue weighted by molar-refractivity contribution is 5.85. The van der Waals surface area contributed by atoms with Crippen LogP contribution in [0.25, 0.3) is 10.8 Å². The monoisotopic (exact) mass is 198 g/mol. The molecule has 0 saturated heterocycles. The van der Waals surface area contributed by atoms with Gasteiger partial charge in [0.05, 0.1) is 0 Å². The van der Waals surface area contributed by atoms with Crippen molar-refractivity contribution in [2.45, 2.75) is 27.2 Å². The van der Waals surface area contributed by atoms with Crippen LogP contribution in [-0.2, 0) is 6.42 Å². The Morgan fingerprint density at radius 1 is 0.867 bits per heavy atom. The minimum atomic E-state index is 0.351. The Bertz CT molecular complexity index is 455. The first-order valence-electron chi connectivity index (χ1n) is 5.53. The van der Waals surface area contributed by atoms with E-state index in [1.165, 1.54) is 16.3 Å². The van der Waals surface area contributed by atoms with E-state index in [-0.39, 0.29) is 0 Å². The Kier molecular flexibility index (Phi) is 2.52. The van der Waals surface area contributed by atoms with Crippen molar-refractivity contribution in [1.82, 2.24) is 0 Å². The van der Waals surface area contributed by atoms with Crippen molar-refractivity contribution in [2.24, 2.45) is 5.41 Å². The second-order valence-electron chi connectivity index (χ2n) is 5.38. The highest BCUT2D eigenvalue weighted by Crippen LogP contribution is 2.26. The third kappa shape index (κ3) is 2.38. The van der Waals surface area contributed by atoms with Gasteiger partial charge in [0, 0.05) is 0 Å². The summed E-state index contributed by atoms with van der Waals surface area (Å²) in [4.78, 5) is 0. The Labute approximate surface area is 91.9 Å². The maximum atomic E-state index is 2.29. The van der Waals surface area contributed by atoms with Crippen LogP contribution >= 0.6 is 0 Å². The van der Waals surface area contributed by atoms with Gasteiger partial charge < -0.3 is 0 Å². The zero-order valence-corrected chi connectivity index (χ0v) is 9.75. The van der Waals surface area contributed by atoms with Gasteiger partial charge in [0.2, 0.25) is 0 Å². The summed E-state index contributed by atoms with van der Waals surface area (Å²) >= 11 is 0. The summed E-state index contributed by atoms with van der Waals surface area (Å²) in [6, 6.07) is 15.2. The van der Waals surface area contributed by atoms with Crippen LogP contribution in [0.2, 0.25) is 0 Å². The molecule has 78 valence electrons. The molecule has 0 saturated carbocycles. The molecule has 2 rings (SSSR count). The smallest absolute Gasteiger partial charge is 0.0152 e. The fourth-order valence-corrected chi connectivity index (χ4v) is 2.02. The molecule has 0 aliphatic heterocycles. The number of benzene rings is 2. The zero-order valence-electron chi connectivity index (χ0n) is 9.75. The van der Waals surface area contributed by atoms with Crippen molar-refractivity contribution in [2.75, 3.05) is 0 Å². The van der Waals surface area contributed by atoms with Gasteiger partial charge in [0.1, 0.15) is 0 Å². The SMILES string of the molecule is CC(C)(C)Cc1cccc2ccccc12. The van der Waals surface area contributed by atoms with Crippen molar-refractivity contribution in [1.29, 1.82) is 0 Å². The van der Waals surface area contributed by atoms with E-state index >= 15 is 0 Å². The molecule has 15 heavy (non-hydrogen) atoms. The summed E-state index contributed by atoms with van der Waals surface area (Å²) in [6.45, 7) is 6.86. The summed E-state index contributed by atoms with van der Waals surface area (Å²) in [7, 11) is 0. The van der Waals surface area contributed by atoms with E-state index in [0.717, 1.165) is 6.42 Å². The van der Waals surface area contributed by atoms with Crippen molar-refractivity contribution in [3.63, 3.8) is 0 Å². The first kappa shape index (κ1) is 10.2. The van der Waals surface area contributed by atoms with Gasteiger partial charge in [-0.1, -0.05) is 63.2 Å². The van der Waals surface area contributed by atoms with Crippen LogP contribution in [-0.4, -0.2) is 0 Å². The predicted octanol–water partition coefficient (Wildman–Crippen LogP) is 4.43. The zero-order chi connectivity index (χ0) is 10.9. The molecule has 0 unspecified atom stereocenters. The maximum Gasteiger partial charge on any atom is -0.0152 e. The van der Waals surface area contributed by atoms with Gasteiger partial charge >= 0.3 is 0 Å². The van der Waals surface area contributed by atoms with Crippen molar-refractivity contribution >= 4 is 10.8 Å². The Morgan fingerprint density at radius 3 is 2.27 bits per heavy atom. The minimum Gasteiger partial charge on any atom is -0.0616 e. The molecule has 2 aromatic carbocycles. The van der Waals surface area contributed by atoms with E-state index in [1.54, 1.807) is 0 Å². The largest absolute Gasteiger partial charge is 0.0616 e. The Hall–Kier alpha value is -1.30. The topological polar surface area (TPSA) is 0 Å². The first-order valence-corrected chi connectivity index (χ1v) is 5.53. The normalized spacial score (nSPS) is 11.9. The van der Waals surface area contributed by atoms with Crippen LogP contribution in [0, 0.1) is 5.41 Å². The third-order valence-corrected chi connectivity index (χ3v) is 2.60. The molecule has 0 radical (unpaired) electrons. The van der Waals surface area contributed by atoms with Crippen LogP contribution in [0.3, 0.4) is 0 Å². The van der Waals surface area contributed by atoms with Crippen molar-refractivity contribution in [3.05, 3.63) is 48.0 Å². The molecule has 0 fully saturated rings. The quantitative estimate of drug-likeness (QED) is 0.636. The molecule has 0 aliphatic rings. The van der Waals surface area contributed by atoms with Crippen LogP contribution in [0.1, 0.15) is 26.3 Å². The molecule has 0 atom stereocenters. The third-order valence-electron chi connectivity index (χ3n) is 2.60. The van der Waals surface area contributed by atoms with Gasteiger partial charge in [-0.15, -0.1) is 0 Å². The molecule has 0 heterocycles. The minimum absolute atomic E-state index is 0.351. The second kappa shape index (κ2) is 3.69. The van der Waals surface area contributed by atoms with Gasteiger partial charge in [-0.05, 0) is 28.2 Å². The fraction of sp³-hybridized carbons (Fsp3) is 0.333. The standard InChI is InChI=1S/C15H18/c1-15(2,3)11-13-9-6-8-12-7-4-5-10-14(12)13/h4-10H,11H2,1-3H3. The summed E-state index contributed by atoms with van der Waals surface area (Å²) in [5.41, 5.74) is 1.81. The van der Waals surface area contributed by atoms with E-state index in [9.17, 15) is 0 Å². The number of hydrogen-bond acceptors (Lipinski definition) is 0. The Balaban J connectivity index is 2.52. The van der Waals surface area contributed by atoms with Gasteiger partial charge in [-0.3, -0.25) is 0 Å². The average Bonchev–Trinajstić information content (AvgIpc) is 2.16. The Morgan fingerprint density at radius 2 is 1.53 bits per heavy atom. The number of fused-ring (bicyclic) bond motifs is 1. The first-order chi connectivity index (χ1) is 7.06. The molecular weight excluding hydrogens is 180 g/mol. The number of hydrogen-bond donors (Lipinski definition) is 0. The van der Waals surface area contributed by atoms with Gasteiger partial charge in [-0.25, -0.2) is 0 Å². The van der Waals surface area contributed by atoms with E-state index in [4.69, 9.17) is 0 Å². The van der Waals surface area contributed by atoms with Crippen molar-refractivity contribution in [3.8, 4) is 0 Å². The molecule has 0 heteroatoms. The lowest BCUT2D eigenvalue weighted by Crippen LogP contribution is -2.09. The van der Waals surface area contributed by atoms with E-state index in [1.807, 2.05) is 0 Å². The van der Waals surface area contributed by atoms with Crippen LogP contribution < -0.4 is 0 Å². The molecule has 0 amide bonds. The highest BCUT2D eigenvalue weighted by atomic mass is 14.2. The summed E-state index contributed by atoms with van der Waals surface area (Å²) in [6.07, 6.45) is 1.13. The molecule has 0 nitrogen and oxygen atoms in total. The molecule has 0 bridgehead atoms. The summed E-state index contributed by atoms with van der Waals surface area (Å²) in [5, 5.41) is 2.74. The lowest BCUT2D eigenvalue weighted by atomic mass is 9.86. The van der Waals surface area contributed by atoms with Gasteiger partial charge in [0.15, 0.2) is 0 Å². The van der Waals surface area contributed by atoms with Gasteiger partial charge in [-0.2, -0.15) is 0 Å². The van der Waals surface area contributed by atoms with E-state index in [2.05, 4.69) is 63.2 Å². The molecular formula is C15H18. The van der Waals surface area contributed by atoms with Crippen LogP contribution in [0.4, 0.5) is 0 Å².